The van der Waals surface area contributed by atoms with Crippen LogP contribution in [0.2, 0.25) is 0 Å². The predicted molar refractivity (Wildman–Crippen MR) is 62.2 cm³/mol. The lowest BCUT2D eigenvalue weighted by Gasteiger charge is -2.25. The molecule has 0 spiro atoms. The molecule has 0 saturated carbocycles. The van der Waals surface area contributed by atoms with Crippen LogP contribution in [0.3, 0.4) is 0 Å². The first-order valence-corrected chi connectivity index (χ1v) is 6.00. The molecule has 2 aliphatic heterocycles. The Morgan fingerprint density at radius 2 is 1.94 bits per heavy atom. The summed E-state index contributed by atoms with van der Waals surface area (Å²) in [5.41, 5.74) is 2.76. The van der Waals surface area contributed by atoms with Crippen LogP contribution in [0.5, 0.6) is 11.5 Å². The van der Waals surface area contributed by atoms with E-state index in [-0.39, 0.29) is 0 Å². The highest BCUT2D eigenvalue weighted by Gasteiger charge is 2.20. The summed E-state index contributed by atoms with van der Waals surface area (Å²) < 4.78 is 11.4. The molecule has 1 aromatic carbocycles. The second kappa shape index (κ2) is 3.98. The van der Waals surface area contributed by atoms with Gasteiger partial charge in [-0.1, -0.05) is 0 Å². The molecule has 0 radical (unpaired) electrons. The zero-order valence-corrected chi connectivity index (χ0v) is 9.58. The summed E-state index contributed by atoms with van der Waals surface area (Å²) in [5, 5.41) is 3.46. The van der Waals surface area contributed by atoms with Crippen LogP contribution in [0.15, 0.2) is 12.1 Å². The van der Waals surface area contributed by atoms with E-state index >= 15 is 0 Å². The van der Waals surface area contributed by atoms with Crippen molar-refractivity contribution in [2.45, 2.75) is 25.8 Å². The number of rotatable bonds is 0. The fraction of sp³-hybridized carbons (Fsp3) is 0.538. The number of hydrogen-bond donors (Lipinski definition) is 1. The lowest BCUT2D eigenvalue weighted by Crippen LogP contribution is -2.27. The molecule has 2 aliphatic rings. The van der Waals surface area contributed by atoms with Gasteiger partial charge in [0.15, 0.2) is 11.5 Å². The largest absolute Gasteiger partial charge is 0.490 e. The fourth-order valence-corrected chi connectivity index (χ4v) is 2.42. The van der Waals surface area contributed by atoms with E-state index in [1.54, 1.807) is 0 Å². The van der Waals surface area contributed by atoms with E-state index in [0.29, 0.717) is 6.04 Å². The van der Waals surface area contributed by atoms with Gasteiger partial charge in [0.05, 0.1) is 13.2 Å². The highest BCUT2D eigenvalue weighted by Crippen LogP contribution is 2.36. The van der Waals surface area contributed by atoms with Crippen molar-refractivity contribution in [1.82, 2.24) is 5.32 Å². The number of fused-ring (bicyclic) bond motifs is 2. The van der Waals surface area contributed by atoms with Gasteiger partial charge >= 0.3 is 0 Å². The van der Waals surface area contributed by atoms with Crippen molar-refractivity contribution in [3.63, 3.8) is 0 Å². The monoisotopic (exact) mass is 219 g/mol. The Hall–Kier alpha value is -1.22. The molecule has 16 heavy (non-hydrogen) atoms. The minimum atomic E-state index is 0.418. The highest BCUT2D eigenvalue weighted by molar-refractivity contribution is 5.49. The Labute approximate surface area is 95.8 Å². The Morgan fingerprint density at radius 3 is 2.75 bits per heavy atom. The van der Waals surface area contributed by atoms with Crippen molar-refractivity contribution in [2.75, 3.05) is 19.8 Å². The van der Waals surface area contributed by atoms with E-state index in [0.717, 1.165) is 44.1 Å². The number of hydrogen-bond acceptors (Lipinski definition) is 3. The molecule has 1 aromatic rings. The van der Waals surface area contributed by atoms with Gasteiger partial charge in [0.2, 0.25) is 0 Å². The molecule has 0 amide bonds. The summed E-state index contributed by atoms with van der Waals surface area (Å²) >= 11 is 0. The Bertz CT molecular complexity index is 403. The Kier molecular flexibility index (Phi) is 2.48. The quantitative estimate of drug-likeness (QED) is 0.724. The van der Waals surface area contributed by atoms with Crippen LogP contribution in [0.1, 0.15) is 30.5 Å². The molecule has 0 fully saturated rings. The van der Waals surface area contributed by atoms with Gasteiger partial charge in [-0.05, 0) is 43.1 Å². The van der Waals surface area contributed by atoms with Gasteiger partial charge in [-0.2, -0.15) is 0 Å². The Balaban J connectivity index is 2.05. The van der Waals surface area contributed by atoms with E-state index in [9.17, 15) is 0 Å². The summed E-state index contributed by atoms with van der Waals surface area (Å²) in [6.45, 7) is 4.77. The zero-order valence-electron chi connectivity index (χ0n) is 9.58. The lowest BCUT2D eigenvalue weighted by atomic mass is 9.94. The first-order valence-electron chi connectivity index (χ1n) is 6.00. The summed E-state index contributed by atoms with van der Waals surface area (Å²) in [6.07, 6.45) is 2.05. The minimum absolute atomic E-state index is 0.418. The molecule has 0 aliphatic carbocycles. The molecule has 0 aromatic heterocycles. The molecular weight excluding hydrogens is 202 g/mol. The molecule has 86 valence electrons. The van der Waals surface area contributed by atoms with Crippen LogP contribution < -0.4 is 14.8 Å². The molecule has 1 N–H and O–H groups in total. The third kappa shape index (κ3) is 1.65. The summed E-state index contributed by atoms with van der Waals surface area (Å²) in [7, 11) is 0. The molecule has 0 unspecified atom stereocenters. The van der Waals surface area contributed by atoms with Crippen LogP contribution in [0, 0.1) is 0 Å². The topological polar surface area (TPSA) is 30.5 Å². The van der Waals surface area contributed by atoms with Gasteiger partial charge in [-0.3, -0.25) is 0 Å². The standard InChI is InChI=1S/C13H17NO2/c1-9-11-8-13-12(15-5-2-6-16-13)7-10(11)3-4-14-9/h7-9,14H,2-6H2,1H3/t9-/m0/s1. The third-order valence-electron chi connectivity index (χ3n) is 3.32. The third-order valence-corrected chi connectivity index (χ3v) is 3.32. The maximum Gasteiger partial charge on any atom is 0.161 e. The van der Waals surface area contributed by atoms with Crippen molar-refractivity contribution in [3.8, 4) is 11.5 Å². The maximum atomic E-state index is 5.71. The normalized spacial score (nSPS) is 23.4. The van der Waals surface area contributed by atoms with Crippen LogP contribution in [-0.4, -0.2) is 19.8 Å². The molecule has 3 heteroatoms. The van der Waals surface area contributed by atoms with E-state index in [1.807, 2.05) is 0 Å². The smallest absolute Gasteiger partial charge is 0.161 e. The van der Waals surface area contributed by atoms with Crippen molar-refractivity contribution >= 4 is 0 Å². The summed E-state index contributed by atoms with van der Waals surface area (Å²) in [4.78, 5) is 0. The van der Waals surface area contributed by atoms with Crippen molar-refractivity contribution in [1.29, 1.82) is 0 Å². The van der Waals surface area contributed by atoms with Crippen molar-refractivity contribution < 1.29 is 9.47 Å². The minimum Gasteiger partial charge on any atom is -0.490 e. The van der Waals surface area contributed by atoms with E-state index in [2.05, 4.69) is 24.4 Å². The van der Waals surface area contributed by atoms with Gasteiger partial charge in [0.1, 0.15) is 0 Å². The van der Waals surface area contributed by atoms with Crippen LogP contribution >= 0.6 is 0 Å². The second-order valence-electron chi connectivity index (χ2n) is 4.47. The zero-order chi connectivity index (χ0) is 11.0. The highest BCUT2D eigenvalue weighted by atomic mass is 16.5. The summed E-state index contributed by atoms with van der Waals surface area (Å²) in [6, 6.07) is 4.72. The van der Waals surface area contributed by atoms with Crippen molar-refractivity contribution in [2.24, 2.45) is 0 Å². The first-order chi connectivity index (χ1) is 7.84. The molecule has 3 nitrogen and oxygen atoms in total. The first kappa shape index (κ1) is 9.97. The van der Waals surface area contributed by atoms with Crippen LogP contribution in [0.25, 0.3) is 0 Å². The molecule has 0 bridgehead atoms. The van der Waals surface area contributed by atoms with Gasteiger partial charge in [-0.25, -0.2) is 0 Å². The average Bonchev–Trinajstić information content (AvgIpc) is 2.52. The van der Waals surface area contributed by atoms with Gasteiger partial charge < -0.3 is 14.8 Å². The van der Waals surface area contributed by atoms with E-state index in [4.69, 9.17) is 9.47 Å². The van der Waals surface area contributed by atoms with Gasteiger partial charge in [0, 0.05) is 12.5 Å². The maximum absolute atomic E-state index is 5.71. The van der Waals surface area contributed by atoms with E-state index in [1.165, 1.54) is 11.1 Å². The second-order valence-corrected chi connectivity index (χ2v) is 4.47. The predicted octanol–water partition coefficient (Wildman–Crippen LogP) is 2.05. The van der Waals surface area contributed by atoms with Crippen LogP contribution in [0.4, 0.5) is 0 Å². The average molecular weight is 219 g/mol. The molecule has 1 atom stereocenters. The Morgan fingerprint density at radius 1 is 1.19 bits per heavy atom. The SMILES string of the molecule is C[C@@H]1NCCc2cc3c(cc21)OCCCO3. The van der Waals surface area contributed by atoms with Crippen molar-refractivity contribution in [3.05, 3.63) is 23.3 Å². The molecule has 3 rings (SSSR count). The van der Waals surface area contributed by atoms with Gasteiger partial charge in [0.25, 0.3) is 0 Å². The molecular formula is C13H17NO2. The number of ether oxygens (including phenoxy) is 2. The van der Waals surface area contributed by atoms with E-state index < -0.39 is 0 Å². The summed E-state index contributed by atoms with van der Waals surface area (Å²) in [5.74, 6) is 1.83. The molecule has 0 saturated heterocycles. The van der Waals surface area contributed by atoms with Crippen LogP contribution in [-0.2, 0) is 6.42 Å². The number of nitrogens with one attached hydrogen (secondary N) is 1. The lowest BCUT2D eigenvalue weighted by molar-refractivity contribution is 0.297. The fourth-order valence-electron chi connectivity index (χ4n) is 2.42. The van der Waals surface area contributed by atoms with Gasteiger partial charge in [-0.15, -0.1) is 0 Å². The molecule has 2 heterocycles. The number of benzene rings is 1.